The van der Waals surface area contributed by atoms with Crippen LogP contribution in [-0.2, 0) is 4.74 Å². The normalized spacial score (nSPS) is 23.2. The highest BCUT2D eigenvalue weighted by molar-refractivity contribution is 7.21. The molecule has 3 aromatic heterocycles. The first kappa shape index (κ1) is 25.5. The Labute approximate surface area is 206 Å². The molecule has 35 heavy (non-hydrogen) atoms. The van der Waals surface area contributed by atoms with E-state index in [0.29, 0.717) is 29.5 Å². The number of rotatable bonds is 9. The van der Waals surface area contributed by atoms with Crippen LogP contribution in [0.25, 0.3) is 20.8 Å². The Morgan fingerprint density at radius 2 is 2.03 bits per heavy atom. The molecule has 0 saturated heterocycles. The second-order valence-corrected chi connectivity index (χ2v) is 9.88. The van der Waals surface area contributed by atoms with Crippen molar-refractivity contribution in [3.8, 4) is 10.6 Å². The van der Waals surface area contributed by atoms with Gasteiger partial charge in [0.05, 0.1) is 34.2 Å². The van der Waals surface area contributed by atoms with E-state index in [1.54, 1.807) is 13.1 Å². The minimum atomic E-state index is -2.75. The number of nitrogens with one attached hydrogen (secondary N) is 2. The Kier molecular flexibility index (Phi) is 7.46. The topological polar surface area (TPSA) is 125 Å². The summed E-state index contributed by atoms with van der Waals surface area (Å²) in [6, 6.07) is 1.76. The SMILES string of the molecule is CCOC[C@@H](C)Nc1nc(C)c(-c2nc3c(C)nccc3s2)c(N[C@@]2(O)CC[C@H](C(F)F)[C@H]2O)n1. The predicted octanol–water partition coefficient (Wildman–Crippen LogP) is 3.74. The van der Waals surface area contributed by atoms with Crippen molar-refractivity contribution in [2.45, 2.75) is 64.8 Å². The third-order valence-electron chi connectivity index (χ3n) is 6.15. The van der Waals surface area contributed by atoms with E-state index in [9.17, 15) is 19.0 Å². The molecule has 0 aliphatic heterocycles. The van der Waals surface area contributed by atoms with Gasteiger partial charge in [0.1, 0.15) is 22.4 Å². The summed E-state index contributed by atoms with van der Waals surface area (Å²) in [6.45, 7) is 8.48. The molecule has 4 rings (SSSR count). The monoisotopic (exact) mass is 508 g/mol. The molecule has 1 aliphatic carbocycles. The van der Waals surface area contributed by atoms with Crippen molar-refractivity contribution < 1.29 is 23.7 Å². The van der Waals surface area contributed by atoms with E-state index in [2.05, 4.69) is 25.6 Å². The van der Waals surface area contributed by atoms with Crippen molar-refractivity contribution >= 4 is 33.3 Å². The van der Waals surface area contributed by atoms with E-state index in [-0.39, 0.29) is 30.6 Å². The molecule has 1 saturated carbocycles. The maximum absolute atomic E-state index is 13.4. The van der Waals surface area contributed by atoms with Gasteiger partial charge in [0.15, 0.2) is 5.72 Å². The minimum absolute atomic E-state index is 0.0236. The number of hydrogen-bond donors (Lipinski definition) is 4. The van der Waals surface area contributed by atoms with Crippen LogP contribution < -0.4 is 10.6 Å². The average molecular weight is 509 g/mol. The number of thiazole rings is 1. The summed E-state index contributed by atoms with van der Waals surface area (Å²) in [5.41, 5.74) is 0.627. The van der Waals surface area contributed by atoms with E-state index < -0.39 is 24.2 Å². The number of nitrogens with zero attached hydrogens (tertiary/aromatic N) is 4. The van der Waals surface area contributed by atoms with E-state index in [0.717, 1.165) is 15.9 Å². The van der Waals surface area contributed by atoms with Crippen molar-refractivity contribution in [2.75, 3.05) is 23.8 Å². The highest BCUT2D eigenvalue weighted by atomic mass is 32.1. The number of aliphatic hydroxyl groups is 2. The molecule has 9 nitrogen and oxygen atoms in total. The van der Waals surface area contributed by atoms with Crippen LogP contribution in [0.3, 0.4) is 0 Å². The van der Waals surface area contributed by atoms with Gasteiger partial charge < -0.3 is 25.6 Å². The van der Waals surface area contributed by atoms with Crippen molar-refractivity contribution in [3.63, 3.8) is 0 Å². The number of pyridine rings is 1. The van der Waals surface area contributed by atoms with Crippen molar-refractivity contribution in [1.82, 2.24) is 19.9 Å². The average Bonchev–Trinajstić information content (AvgIpc) is 3.34. The largest absolute Gasteiger partial charge is 0.388 e. The quantitative estimate of drug-likeness (QED) is 0.320. The lowest BCUT2D eigenvalue weighted by Crippen LogP contribution is -2.48. The summed E-state index contributed by atoms with van der Waals surface area (Å²) in [6.07, 6.45) is -2.79. The van der Waals surface area contributed by atoms with Gasteiger partial charge in [-0.3, -0.25) is 4.98 Å². The number of aliphatic hydroxyl groups excluding tert-OH is 1. The van der Waals surface area contributed by atoms with E-state index in [4.69, 9.17) is 9.72 Å². The molecule has 3 aromatic rings. The van der Waals surface area contributed by atoms with Crippen LogP contribution >= 0.6 is 11.3 Å². The Hall–Kier alpha value is -2.54. The van der Waals surface area contributed by atoms with Crippen LogP contribution in [0.15, 0.2) is 12.3 Å². The van der Waals surface area contributed by atoms with Gasteiger partial charge in [0.2, 0.25) is 12.4 Å². The maximum Gasteiger partial charge on any atom is 0.244 e. The Morgan fingerprint density at radius 3 is 2.69 bits per heavy atom. The number of anilines is 2. The van der Waals surface area contributed by atoms with Gasteiger partial charge in [-0.25, -0.2) is 18.7 Å². The molecule has 0 amide bonds. The molecule has 0 unspecified atom stereocenters. The van der Waals surface area contributed by atoms with Gasteiger partial charge in [-0.05, 0) is 46.6 Å². The lowest BCUT2D eigenvalue weighted by Gasteiger charge is -2.31. The molecule has 190 valence electrons. The van der Waals surface area contributed by atoms with Crippen LogP contribution in [0.5, 0.6) is 0 Å². The smallest absolute Gasteiger partial charge is 0.244 e. The zero-order valence-corrected chi connectivity index (χ0v) is 20.9. The fourth-order valence-corrected chi connectivity index (χ4v) is 5.39. The van der Waals surface area contributed by atoms with Crippen molar-refractivity contribution in [1.29, 1.82) is 0 Å². The summed E-state index contributed by atoms with van der Waals surface area (Å²) in [5.74, 6) is -0.856. The third-order valence-corrected chi connectivity index (χ3v) is 7.19. The fraction of sp³-hybridized carbons (Fsp3) is 0.565. The van der Waals surface area contributed by atoms with Crippen LogP contribution in [0.2, 0.25) is 0 Å². The van der Waals surface area contributed by atoms with Crippen LogP contribution in [0, 0.1) is 19.8 Å². The molecule has 12 heteroatoms. The molecule has 0 aromatic carbocycles. The van der Waals surface area contributed by atoms with Gasteiger partial charge in [-0.2, -0.15) is 4.98 Å². The summed E-state index contributed by atoms with van der Waals surface area (Å²) in [5, 5.41) is 28.3. The Morgan fingerprint density at radius 1 is 1.26 bits per heavy atom. The second-order valence-electron chi connectivity index (χ2n) is 8.85. The molecular weight excluding hydrogens is 478 g/mol. The second kappa shape index (κ2) is 10.2. The number of alkyl halides is 2. The number of ether oxygens (including phenoxy) is 1. The lowest BCUT2D eigenvalue weighted by molar-refractivity contribution is -0.0763. The Bertz CT molecular complexity index is 1200. The molecule has 1 fully saturated rings. The standard InChI is InChI=1S/C23H30F2N6O3S/c1-5-34-10-11(2)27-22-28-12(3)16(21-29-17-13(4)26-9-7-15(17)35-21)20(30-22)31-23(33)8-6-14(18(23)32)19(24)25/h7,9,11,14,18-19,32-33H,5-6,8,10H2,1-4H3,(H2,27,28,30,31)/t11-,14+,18-,23-/m1/s1. The Balaban J connectivity index is 1.77. The van der Waals surface area contributed by atoms with Crippen LogP contribution in [0.4, 0.5) is 20.5 Å². The summed E-state index contributed by atoms with van der Waals surface area (Å²) in [7, 11) is 0. The predicted molar refractivity (Wildman–Crippen MR) is 131 cm³/mol. The number of hydrogen-bond acceptors (Lipinski definition) is 10. The minimum Gasteiger partial charge on any atom is -0.388 e. The first-order chi connectivity index (χ1) is 16.6. The van der Waals surface area contributed by atoms with E-state index in [1.807, 2.05) is 26.8 Å². The van der Waals surface area contributed by atoms with E-state index >= 15 is 0 Å². The number of halogens is 2. The zero-order chi connectivity index (χ0) is 25.3. The molecule has 0 radical (unpaired) electrons. The van der Waals surface area contributed by atoms with Gasteiger partial charge >= 0.3 is 0 Å². The highest BCUT2D eigenvalue weighted by Crippen LogP contribution is 2.42. The van der Waals surface area contributed by atoms with Gasteiger partial charge in [-0.15, -0.1) is 11.3 Å². The first-order valence-electron chi connectivity index (χ1n) is 11.5. The molecular formula is C23H30F2N6O3S. The van der Waals surface area contributed by atoms with Crippen LogP contribution in [-0.4, -0.2) is 67.7 Å². The van der Waals surface area contributed by atoms with Crippen LogP contribution in [0.1, 0.15) is 38.1 Å². The van der Waals surface area contributed by atoms with Gasteiger partial charge in [-0.1, -0.05) is 0 Å². The van der Waals surface area contributed by atoms with Gasteiger partial charge in [0, 0.05) is 18.8 Å². The molecule has 0 spiro atoms. The molecule has 3 heterocycles. The highest BCUT2D eigenvalue weighted by Gasteiger charge is 2.50. The molecule has 4 atom stereocenters. The molecule has 4 N–H and O–H groups in total. The maximum atomic E-state index is 13.4. The zero-order valence-electron chi connectivity index (χ0n) is 20.0. The third kappa shape index (κ3) is 5.20. The molecule has 0 bridgehead atoms. The van der Waals surface area contributed by atoms with E-state index in [1.165, 1.54) is 11.3 Å². The summed E-state index contributed by atoms with van der Waals surface area (Å²) in [4.78, 5) is 18.2. The number of fused-ring (bicyclic) bond motifs is 1. The summed E-state index contributed by atoms with van der Waals surface area (Å²) < 4.78 is 33.1. The fourth-order valence-electron chi connectivity index (χ4n) is 4.28. The number of aromatic nitrogens is 4. The van der Waals surface area contributed by atoms with Crippen molar-refractivity contribution in [2.24, 2.45) is 5.92 Å². The van der Waals surface area contributed by atoms with Crippen molar-refractivity contribution in [3.05, 3.63) is 23.7 Å². The number of aryl methyl sites for hydroxylation is 2. The first-order valence-corrected chi connectivity index (χ1v) is 12.4. The lowest BCUT2D eigenvalue weighted by atomic mass is 10.0. The van der Waals surface area contributed by atoms with Gasteiger partial charge in [0.25, 0.3) is 0 Å². The summed E-state index contributed by atoms with van der Waals surface area (Å²) >= 11 is 1.41. The molecule has 1 aliphatic rings.